The van der Waals surface area contributed by atoms with Gasteiger partial charge in [0, 0.05) is 6.42 Å². The van der Waals surface area contributed by atoms with E-state index < -0.39 is 6.10 Å². The van der Waals surface area contributed by atoms with Crippen molar-refractivity contribution in [1.29, 1.82) is 0 Å². The van der Waals surface area contributed by atoms with Crippen molar-refractivity contribution in [2.75, 3.05) is 0 Å². The molecule has 1 atom stereocenters. The Morgan fingerprint density at radius 2 is 1.82 bits per heavy atom. The second-order valence-electron chi connectivity index (χ2n) is 4.52. The van der Waals surface area contributed by atoms with Crippen LogP contribution in [0.3, 0.4) is 0 Å². The Hall–Kier alpha value is -1.19. The van der Waals surface area contributed by atoms with Crippen LogP contribution < -0.4 is 0 Å². The van der Waals surface area contributed by atoms with E-state index in [2.05, 4.69) is 37.0 Å². The molecule has 2 aromatic rings. The summed E-state index contributed by atoms with van der Waals surface area (Å²) in [4.78, 5) is 5.15. The lowest BCUT2D eigenvalue weighted by atomic mass is 10.0. The maximum atomic E-state index is 10.2. The molecule has 0 aliphatic carbocycles. The molecule has 0 bridgehead atoms. The molecule has 1 aromatic heterocycles. The average Bonchev–Trinajstić information content (AvgIpc) is 2.62. The standard InChI is InChI=1S/C14H17NOS/c1-9-4-10(2)6-12(5-9)7-13(16)14-11(3)15-8-17-14/h4-6,8,13,16H,7H2,1-3H3. The molecule has 2 nitrogen and oxygen atoms in total. The third-order valence-electron chi connectivity index (χ3n) is 2.80. The van der Waals surface area contributed by atoms with Crippen LogP contribution in [0, 0.1) is 20.8 Å². The van der Waals surface area contributed by atoms with Gasteiger partial charge in [0.2, 0.25) is 0 Å². The lowest BCUT2D eigenvalue weighted by Crippen LogP contribution is -2.02. The van der Waals surface area contributed by atoms with Crippen molar-refractivity contribution in [2.45, 2.75) is 33.3 Å². The number of aryl methyl sites for hydroxylation is 3. The van der Waals surface area contributed by atoms with Crippen LogP contribution in [0.25, 0.3) is 0 Å². The Balaban J connectivity index is 2.18. The molecule has 90 valence electrons. The summed E-state index contributed by atoms with van der Waals surface area (Å²) < 4.78 is 0. The summed E-state index contributed by atoms with van der Waals surface area (Å²) in [6, 6.07) is 6.41. The zero-order chi connectivity index (χ0) is 12.4. The van der Waals surface area contributed by atoms with Crippen LogP contribution in [0.2, 0.25) is 0 Å². The van der Waals surface area contributed by atoms with Crippen LogP contribution in [0.15, 0.2) is 23.7 Å². The van der Waals surface area contributed by atoms with Gasteiger partial charge in [-0.05, 0) is 26.3 Å². The molecule has 1 heterocycles. The van der Waals surface area contributed by atoms with Crippen molar-refractivity contribution in [3.63, 3.8) is 0 Å². The summed E-state index contributed by atoms with van der Waals surface area (Å²) in [5.41, 5.74) is 6.39. The molecule has 0 fully saturated rings. The first-order chi connectivity index (χ1) is 8.06. The van der Waals surface area contributed by atoms with Gasteiger partial charge in [-0.25, -0.2) is 4.98 Å². The summed E-state index contributed by atoms with van der Waals surface area (Å²) in [5, 5.41) is 10.2. The van der Waals surface area contributed by atoms with Crippen molar-refractivity contribution in [2.24, 2.45) is 0 Å². The SMILES string of the molecule is Cc1cc(C)cc(CC(O)c2scnc2C)c1. The predicted molar refractivity (Wildman–Crippen MR) is 71.4 cm³/mol. The first-order valence-corrected chi connectivity index (χ1v) is 6.59. The zero-order valence-corrected chi connectivity index (χ0v) is 11.2. The molecule has 3 heteroatoms. The topological polar surface area (TPSA) is 33.1 Å². The lowest BCUT2D eigenvalue weighted by molar-refractivity contribution is 0.181. The van der Waals surface area contributed by atoms with E-state index in [-0.39, 0.29) is 0 Å². The van der Waals surface area contributed by atoms with Gasteiger partial charge in [0.15, 0.2) is 0 Å². The van der Waals surface area contributed by atoms with Crippen LogP contribution in [0.4, 0.5) is 0 Å². The summed E-state index contributed by atoms with van der Waals surface area (Å²) >= 11 is 1.52. The normalized spacial score (nSPS) is 12.7. The van der Waals surface area contributed by atoms with Gasteiger partial charge in [-0.2, -0.15) is 0 Å². The van der Waals surface area contributed by atoms with Gasteiger partial charge in [0.25, 0.3) is 0 Å². The molecule has 1 N–H and O–H groups in total. The fraction of sp³-hybridized carbons (Fsp3) is 0.357. The Morgan fingerprint density at radius 1 is 1.18 bits per heavy atom. The summed E-state index contributed by atoms with van der Waals surface area (Å²) in [6.07, 6.45) is 0.217. The second-order valence-corrected chi connectivity index (χ2v) is 5.40. The molecule has 2 rings (SSSR count). The average molecular weight is 247 g/mol. The summed E-state index contributed by atoms with van der Waals surface area (Å²) in [7, 11) is 0. The third kappa shape index (κ3) is 2.93. The highest BCUT2D eigenvalue weighted by Gasteiger charge is 2.13. The molecule has 1 unspecified atom stereocenters. The number of thiazole rings is 1. The van der Waals surface area contributed by atoms with Gasteiger partial charge in [-0.1, -0.05) is 29.3 Å². The number of hydrogen-bond donors (Lipinski definition) is 1. The number of aromatic nitrogens is 1. The van der Waals surface area contributed by atoms with E-state index in [0.717, 1.165) is 10.6 Å². The van der Waals surface area contributed by atoms with Gasteiger partial charge in [-0.3, -0.25) is 0 Å². The quantitative estimate of drug-likeness (QED) is 0.902. The van der Waals surface area contributed by atoms with Gasteiger partial charge >= 0.3 is 0 Å². The Bertz CT molecular complexity index is 498. The molecule has 0 saturated carbocycles. The van der Waals surface area contributed by atoms with Gasteiger partial charge < -0.3 is 5.11 Å². The van der Waals surface area contributed by atoms with Crippen molar-refractivity contribution in [3.05, 3.63) is 51.0 Å². The maximum absolute atomic E-state index is 10.2. The minimum Gasteiger partial charge on any atom is -0.387 e. The molecule has 0 saturated heterocycles. The van der Waals surface area contributed by atoms with Crippen LogP contribution in [0.1, 0.15) is 33.4 Å². The summed E-state index contributed by atoms with van der Waals surface area (Å²) in [6.45, 7) is 6.11. The number of rotatable bonds is 3. The van der Waals surface area contributed by atoms with Gasteiger partial charge in [0.05, 0.1) is 22.2 Å². The molecule has 0 spiro atoms. The van der Waals surface area contributed by atoms with E-state index in [4.69, 9.17) is 0 Å². The second kappa shape index (κ2) is 4.98. The highest BCUT2D eigenvalue weighted by Crippen LogP contribution is 2.25. The minimum absolute atomic E-state index is 0.441. The number of benzene rings is 1. The van der Waals surface area contributed by atoms with Crippen LogP contribution in [-0.4, -0.2) is 10.1 Å². The fourth-order valence-electron chi connectivity index (χ4n) is 2.13. The number of nitrogens with zero attached hydrogens (tertiary/aromatic N) is 1. The molecular weight excluding hydrogens is 230 g/mol. The number of aliphatic hydroxyl groups is 1. The predicted octanol–water partition coefficient (Wildman–Crippen LogP) is 3.34. The Labute approximate surface area is 106 Å². The summed E-state index contributed by atoms with van der Waals surface area (Å²) in [5.74, 6) is 0. The fourth-order valence-corrected chi connectivity index (χ4v) is 2.92. The molecule has 1 aromatic carbocycles. The minimum atomic E-state index is -0.441. The number of hydrogen-bond acceptors (Lipinski definition) is 3. The smallest absolute Gasteiger partial charge is 0.0940 e. The van der Waals surface area contributed by atoms with E-state index in [1.807, 2.05) is 6.92 Å². The Kier molecular flexibility index (Phi) is 3.60. The van der Waals surface area contributed by atoms with E-state index >= 15 is 0 Å². The van der Waals surface area contributed by atoms with Crippen LogP contribution >= 0.6 is 11.3 Å². The van der Waals surface area contributed by atoms with Gasteiger partial charge in [-0.15, -0.1) is 11.3 Å². The van der Waals surface area contributed by atoms with E-state index in [1.54, 1.807) is 5.51 Å². The zero-order valence-electron chi connectivity index (χ0n) is 10.4. The molecule has 17 heavy (non-hydrogen) atoms. The largest absolute Gasteiger partial charge is 0.387 e. The maximum Gasteiger partial charge on any atom is 0.0940 e. The van der Waals surface area contributed by atoms with Crippen molar-refractivity contribution >= 4 is 11.3 Å². The molecule has 0 radical (unpaired) electrons. The number of aliphatic hydroxyl groups excluding tert-OH is 1. The lowest BCUT2D eigenvalue weighted by Gasteiger charge is -2.11. The first-order valence-electron chi connectivity index (χ1n) is 5.71. The van der Waals surface area contributed by atoms with E-state index in [0.29, 0.717) is 6.42 Å². The highest BCUT2D eigenvalue weighted by atomic mass is 32.1. The first kappa shape index (κ1) is 12.3. The van der Waals surface area contributed by atoms with E-state index in [1.165, 1.54) is 28.0 Å². The molecule has 0 aliphatic rings. The van der Waals surface area contributed by atoms with Crippen molar-refractivity contribution < 1.29 is 5.11 Å². The third-order valence-corrected chi connectivity index (χ3v) is 3.83. The molecule has 0 amide bonds. The van der Waals surface area contributed by atoms with Crippen LogP contribution in [0.5, 0.6) is 0 Å². The monoisotopic (exact) mass is 247 g/mol. The highest BCUT2D eigenvalue weighted by molar-refractivity contribution is 7.09. The van der Waals surface area contributed by atoms with Gasteiger partial charge in [0.1, 0.15) is 0 Å². The van der Waals surface area contributed by atoms with E-state index in [9.17, 15) is 5.11 Å². The van der Waals surface area contributed by atoms with Crippen LogP contribution in [-0.2, 0) is 6.42 Å². The van der Waals surface area contributed by atoms with Crippen molar-refractivity contribution in [1.82, 2.24) is 4.98 Å². The van der Waals surface area contributed by atoms with Crippen molar-refractivity contribution in [3.8, 4) is 0 Å². The Morgan fingerprint density at radius 3 is 2.35 bits per heavy atom. The molecular formula is C14H17NOS. The molecule has 0 aliphatic heterocycles.